The molecule has 0 aliphatic carbocycles. The number of amides is 2. The Hall–Kier alpha value is -3.35. The summed E-state index contributed by atoms with van der Waals surface area (Å²) in [6.07, 6.45) is -0.564. The van der Waals surface area contributed by atoms with Crippen LogP contribution in [0.25, 0.3) is 0 Å². The molecular weight excluding hydrogens is 370 g/mol. The number of para-hydroxylation sites is 2. The maximum absolute atomic E-state index is 13.1. The van der Waals surface area contributed by atoms with Crippen molar-refractivity contribution in [1.82, 2.24) is 0 Å². The van der Waals surface area contributed by atoms with Gasteiger partial charge in [-0.15, -0.1) is 0 Å². The average molecular weight is 393 g/mol. The maximum atomic E-state index is 13.1. The molecule has 2 heterocycles. The molecule has 150 valence electrons. The molecule has 2 aliphatic rings. The van der Waals surface area contributed by atoms with Crippen LogP contribution in [-0.2, 0) is 9.59 Å². The third-order valence-electron chi connectivity index (χ3n) is 5.35. The number of anilines is 3. The maximum Gasteiger partial charge on any atom is 0.267 e. The average Bonchev–Trinajstić information content (AvgIpc) is 2.69. The largest absolute Gasteiger partial charge is 0.479 e. The lowest BCUT2D eigenvalue weighted by Crippen LogP contribution is -2.55. The van der Waals surface area contributed by atoms with Crippen LogP contribution in [0.2, 0.25) is 0 Å². The second-order valence-electron chi connectivity index (χ2n) is 7.92. The van der Waals surface area contributed by atoms with E-state index in [1.165, 1.54) is 9.80 Å². The first kappa shape index (κ1) is 19.0. The fraction of sp³-hybridized carbons (Fsp3) is 0.318. The van der Waals surface area contributed by atoms with Crippen LogP contribution >= 0.6 is 0 Å². The number of carbonyl (C=O) groups is 3. The number of likely N-dealkylation sites (N-methyl/N-ethyl adjacent to an activating group) is 1. The molecule has 7 nitrogen and oxygen atoms in total. The summed E-state index contributed by atoms with van der Waals surface area (Å²) >= 11 is 0. The molecule has 1 N–H and O–H groups in total. The SMILES string of the molecule is CC1Oc2ccc(C(=O)CN3C(=O)C(C)(C)Nc4ccccc43)cc2N(C)C1=O. The molecule has 1 unspecified atom stereocenters. The summed E-state index contributed by atoms with van der Waals surface area (Å²) in [7, 11) is 1.66. The zero-order valence-electron chi connectivity index (χ0n) is 16.9. The number of hydrogen-bond donors (Lipinski definition) is 1. The summed E-state index contributed by atoms with van der Waals surface area (Å²) in [5.41, 5.74) is 1.63. The van der Waals surface area contributed by atoms with Crippen molar-refractivity contribution in [3.63, 3.8) is 0 Å². The van der Waals surface area contributed by atoms with E-state index in [4.69, 9.17) is 4.74 Å². The van der Waals surface area contributed by atoms with Crippen LogP contribution in [0.4, 0.5) is 17.1 Å². The Balaban J connectivity index is 1.65. The minimum Gasteiger partial charge on any atom is -0.479 e. The Morgan fingerprint density at radius 3 is 2.62 bits per heavy atom. The summed E-state index contributed by atoms with van der Waals surface area (Å²) < 4.78 is 5.61. The molecule has 4 rings (SSSR count). The van der Waals surface area contributed by atoms with Gasteiger partial charge in [0.25, 0.3) is 11.8 Å². The van der Waals surface area contributed by atoms with Crippen LogP contribution in [0.15, 0.2) is 42.5 Å². The quantitative estimate of drug-likeness (QED) is 0.812. The summed E-state index contributed by atoms with van der Waals surface area (Å²) in [4.78, 5) is 41.2. The number of carbonyl (C=O) groups excluding carboxylic acids is 3. The molecule has 2 aliphatic heterocycles. The zero-order valence-corrected chi connectivity index (χ0v) is 16.9. The van der Waals surface area contributed by atoms with Crippen LogP contribution in [0.5, 0.6) is 5.75 Å². The van der Waals surface area contributed by atoms with Crippen molar-refractivity contribution in [1.29, 1.82) is 0 Å². The molecule has 0 saturated heterocycles. The Morgan fingerprint density at radius 1 is 1.14 bits per heavy atom. The first-order valence-corrected chi connectivity index (χ1v) is 9.50. The highest BCUT2D eigenvalue weighted by molar-refractivity contribution is 6.13. The van der Waals surface area contributed by atoms with Gasteiger partial charge in [0, 0.05) is 12.6 Å². The Bertz CT molecular complexity index is 1030. The van der Waals surface area contributed by atoms with Gasteiger partial charge in [-0.1, -0.05) is 12.1 Å². The molecule has 2 aromatic carbocycles. The predicted molar refractivity (Wildman–Crippen MR) is 111 cm³/mol. The van der Waals surface area contributed by atoms with Crippen molar-refractivity contribution in [2.45, 2.75) is 32.4 Å². The number of fused-ring (bicyclic) bond motifs is 2. The van der Waals surface area contributed by atoms with Gasteiger partial charge in [0.1, 0.15) is 11.3 Å². The number of benzene rings is 2. The third-order valence-corrected chi connectivity index (χ3v) is 5.35. The molecule has 0 bridgehead atoms. The molecule has 2 aromatic rings. The van der Waals surface area contributed by atoms with Crippen LogP contribution in [-0.4, -0.2) is 42.8 Å². The van der Waals surface area contributed by atoms with Gasteiger partial charge in [0.15, 0.2) is 11.9 Å². The van der Waals surface area contributed by atoms with E-state index in [1.807, 2.05) is 24.3 Å². The van der Waals surface area contributed by atoms with Gasteiger partial charge >= 0.3 is 0 Å². The number of Topliss-reactive ketones (excluding diaryl/α,β-unsaturated/α-hetero) is 1. The molecular formula is C22H23N3O4. The van der Waals surface area contributed by atoms with Crippen molar-refractivity contribution in [3.8, 4) is 5.75 Å². The van der Waals surface area contributed by atoms with Gasteiger partial charge in [-0.05, 0) is 51.1 Å². The molecule has 0 aromatic heterocycles. The number of hydrogen-bond acceptors (Lipinski definition) is 5. The van der Waals surface area contributed by atoms with Crippen LogP contribution in [0, 0.1) is 0 Å². The van der Waals surface area contributed by atoms with Gasteiger partial charge in [-0.2, -0.15) is 0 Å². The van der Waals surface area contributed by atoms with E-state index < -0.39 is 11.6 Å². The van der Waals surface area contributed by atoms with Crippen LogP contribution < -0.4 is 19.9 Å². The van der Waals surface area contributed by atoms with E-state index in [1.54, 1.807) is 46.0 Å². The topological polar surface area (TPSA) is 79.0 Å². The lowest BCUT2D eigenvalue weighted by molar-refractivity contribution is -0.125. The van der Waals surface area contributed by atoms with Crippen LogP contribution in [0.1, 0.15) is 31.1 Å². The Labute approximate surface area is 169 Å². The highest BCUT2D eigenvalue weighted by Gasteiger charge is 2.39. The van der Waals surface area contributed by atoms with Gasteiger partial charge in [0.2, 0.25) is 0 Å². The summed E-state index contributed by atoms with van der Waals surface area (Å²) in [5, 5.41) is 3.22. The number of nitrogens with zero attached hydrogens (tertiary/aromatic N) is 2. The van der Waals surface area contributed by atoms with Gasteiger partial charge in [-0.25, -0.2) is 0 Å². The van der Waals surface area contributed by atoms with E-state index in [9.17, 15) is 14.4 Å². The van der Waals surface area contributed by atoms with Crippen LogP contribution in [0.3, 0.4) is 0 Å². The number of nitrogens with one attached hydrogen (secondary N) is 1. The van der Waals surface area contributed by atoms with E-state index in [-0.39, 0.29) is 24.1 Å². The highest BCUT2D eigenvalue weighted by Crippen LogP contribution is 2.36. The smallest absolute Gasteiger partial charge is 0.267 e. The zero-order chi connectivity index (χ0) is 20.9. The normalized spacial score (nSPS) is 19.8. The van der Waals surface area contributed by atoms with Crippen molar-refractivity contribution in [2.75, 3.05) is 28.7 Å². The number of ketones is 1. The fourth-order valence-electron chi connectivity index (χ4n) is 3.73. The summed E-state index contributed by atoms with van der Waals surface area (Å²) in [5.74, 6) is -0.00368. The summed E-state index contributed by atoms with van der Waals surface area (Å²) in [6, 6.07) is 12.4. The second-order valence-corrected chi connectivity index (χ2v) is 7.92. The second kappa shape index (κ2) is 6.62. The molecule has 0 spiro atoms. The third kappa shape index (κ3) is 3.12. The number of rotatable bonds is 3. The predicted octanol–water partition coefficient (Wildman–Crippen LogP) is 2.85. The van der Waals surface area contributed by atoms with E-state index in [2.05, 4.69) is 5.32 Å². The lowest BCUT2D eigenvalue weighted by atomic mass is 9.97. The van der Waals surface area contributed by atoms with Crippen molar-refractivity contribution >= 4 is 34.7 Å². The van der Waals surface area contributed by atoms with E-state index >= 15 is 0 Å². The van der Waals surface area contributed by atoms with Crippen molar-refractivity contribution in [3.05, 3.63) is 48.0 Å². The number of ether oxygens (including phenoxy) is 1. The minimum absolute atomic E-state index is 0.0886. The van der Waals surface area contributed by atoms with Gasteiger partial charge < -0.3 is 19.9 Å². The lowest BCUT2D eigenvalue weighted by Gasteiger charge is -2.39. The van der Waals surface area contributed by atoms with Gasteiger partial charge in [-0.3, -0.25) is 14.4 Å². The minimum atomic E-state index is -0.818. The van der Waals surface area contributed by atoms with Gasteiger partial charge in [0.05, 0.1) is 23.6 Å². The standard InChI is InChI=1S/C22H23N3O4/c1-13-20(27)24(4)17-11-14(9-10-19(17)29-13)18(26)12-25-16-8-6-5-7-15(16)23-22(2,3)21(25)28/h5-11,13,23H,12H2,1-4H3. The molecule has 2 amide bonds. The van der Waals surface area contributed by atoms with E-state index in [0.717, 1.165) is 5.69 Å². The monoisotopic (exact) mass is 393 g/mol. The highest BCUT2D eigenvalue weighted by atomic mass is 16.5. The molecule has 0 radical (unpaired) electrons. The summed E-state index contributed by atoms with van der Waals surface area (Å²) in [6.45, 7) is 5.19. The van der Waals surface area contributed by atoms with Crippen molar-refractivity contribution in [2.24, 2.45) is 0 Å². The Morgan fingerprint density at radius 2 is 1.86 bits per heavy atom. The fourth-order valence-corrected chi connectivity index (χ4v) is 3.73. The van der Waals surface area contributed by atoms with Crippen molar-refractivity contribution < 1.29 is 19.1 Å². The molecule has 0 fully saturated rings. The molecule has 29 heavy (non-hydrogen) atoms. The molecule has 7 heteroatoms. The first-order chi connectivity index (χ1) is 13.7. The molecule has 0 saturated carbocycles. The molecule has 1 atom stereocenters. The van der Waals surface area contributed by atoms with E-state index in [0.29, 0.717) is 22.7 Å². The first-order valence-electron chi connectivity index (χ1n) is 9.50. The Kier molecular flexibility index (Phi) is 4.33.